The molecule has 0 aliphatic heterocycles. The highest BCUT2D eigenvalue weighted by Crippen LogP contribution is 2.20. The number of aryl methyl sites for hydroxylation is 2. The first-order valence-corrected chi connectivity index (χ1v) is 6.38. The molecule has 0 aliphatic carbocycles. The lowest BCUT2D eigenvalue weighted by Crippen LogP contribution is -2.14. The van der Waals surface area contributed by atoms with E-state index < -0.39 is 0 Å². The molecule has 3 aromatic rings. The number of fused-ring (bicyclic) bond motifs is 1. The molecule has 20 heavy (non-hydrogen) atoms. The first kappa shape index (κ1) is 12.4. The summed E-state index contributed by atoms with van der Waals surface area (Å²) in [5.41, 5.74) is 2.83. The van der Waals surface area contributed by atoms with Gasteiger partial charge < -0.3 is 9.84 Å². The molecule has 2 aromatic heterocycles. The van der Waals surface area contributed by atoms with Crippen molar-refractivity contribution in [2.24, 2.45) is 0 Å². The van der Waals surface area contributed by atoms with Crippen molar-refractivity contribution >= 4 is 22.5 Å². The van der Waals surface area contributed by atoms with Gasteiger partial charge in [-0.25, -0.2) is 0 Å². The molecule has 0 radical (unpaired) electrons. The van der Waals surface area contributed by atoms with Crippen LogP contribution >= 0.6 is 0 Å². The topological polar surface area (TPSA) is 83.8 Å². The number of aromatic nitrogens is 3. The van der Waals surface area contributed by atoms with E-state index in [1.807, 2.05) is 25.1 Å². The maximum Gasteiger partial charge on any atom is 0.261 e. The van der Waals surface area contributed by atoms with Crippen LogP contribution in [0.4, 0.5) is 5.69 Å². The largest absolute Gasteiger partial charge is 0.361 e. The minimum atomic E-state index is -0.205. The van der Waals surface area contributed by atoms with Crippen molar-refractivity contribution in [2.45, 2.75) is 20.3 Å². The molecule has 0 saturated carbocycles. The summed E-state index contributed by atoms with van der Waals surface area (Å²) < 4.78 is 5.08. The number of benzene rings is 1. The first-order valence-electron chi connectivity index (χ1n) is 6.38. The van der Waals surface area contributed by atoms with E-state index in [9.17, 15) is 4.79 Å². The third-order valence-electron chi connectivity index (χ3n) is 3.19. The number of rotatable bonds is 3. The van der Waals surface area contributed by atoms with Gasteiger partial charge in [-0.15, -0.1) is 0 Å². The number of H-pyrrole nitrogens is 1. The highest BCUT2D eigenvalue weighted by molar-refractivity contribution is 6.06. The molecule has 0 bridgehead atoms. The van der Waals surface area contributed by atoms with Crippen LogP contribution in [0.2, 0.25) is 0 Å². The molecule has 102 valence electrons. The molecule has 0 unspecified atom stereocenters. The molecule has 0 fully saturated rings. The number of amides is 1. The second-order valence-electron chi connectivity index (χ2n) is 4.54. The zero-order valence-electron chi connectivity index (χ0n) is 11.2. The van der Waals surface area contributed by atoms with Crippen LogP contribution in [0.15, 0.2) is 28.9 Å². The van der Waals surface area contributed by atoms with Crippen LogP contribution in [-0.4, -0.2) is 21.3 Å². The molecule has 0 spiro atoms. The lowest BCUT2D eigenvalue weighted by molar-refractivity contribution is 0.102. The van der Waals surface area contributed by atoms with Gasteiger partial charge in [0, 0.05) is 11.1 Å². The monoisotopic (exact) mass is 270 g/mol. The van der Waals surface area contributed by atoms with E-state index in [1.54, 1.807) is 13.1 Å². The normalized spacial score (nSPS) is 10.9. The average molecular weight is 270 g/mol. The third kappa shape index (κ3) is 2.05. The van der Waals surface area contributed by atoms with Crippen molar-refractivity contribution in [1.82, 2.24) is 15.4 Å². The van der Waals surface area contributed by atoms with Crippen molar-refractivity contribution in [3.63, 3.8) is 0 Å². The van der Waals surface area contributed by atoms with Gasteiger partial charge in [-0.1, -0.05) is 12.1 Å². The number of aromatic amines is 1. The zero-order chi connectivity index (χ0) is 14.1. The third-order valence-corrected chi connectivity index (χ3v) is 3.19. The molecule has 1 aromatic carbocycles. The van der Waals surface area contributed by atoms with Gasteiger partial charge in [-0.05, 0) is 31.5 Å². The lowest BCUT2D eigenvalue weighted by Gasteiger charge is -2.05. The maximum absolute atomic E-state index is 12.3. The number of nitrogens with zero attached hydrogens (tertiary/aromatic N) is 2. The van der Waals surface area contributed by atoms with Crippen LogP contribution < -0.4 is 5.32 Å². The Kier molecular flexibility index (Phi) is 2.98. The number of carbonyl (C=O) groups is 1. The zero-order valence-corrected chi connectivity index (χ0v) is 11.2. The Morgan fingerprint density at radius 1 is 1.45 bits per heavy atom. The van der Waals surface area contributed by atoms with E-state index in [4.69, 9.17) is 4.52 Å². The Labute approximate surface area is 115 Å². The highest BCUT2D eigenvalue weighted by Gasteiger charge is 2.19. The van der Waals surface area contributed by atoms with Gasteiger partial charge in [-0.3, -0.25) is 9.89 Å². The summed E-state index contributed by atoms with van der Waals surface area (Å²) in [6.07, 6.45) is 2.37. The van der Waals surface area contributed by atoms with Gasteiger partial charge in [0.25, 0.3) is 5.91 Å². The molecule has 2 N–H and O–H groups in total. The van der Waals surface area contributed by atoms with Crippen LogP contribution in [0, 0.1) is 6.92 Å². The van der Waals surface area contributed by atoms with Gasteiger partial charge in [0.15, 0.2) is 0 Å². The SMILES string of the molecule is CCc1noc(C)c1C(=O)Nc1ccc2[nH]ncc2c1. The number of hydrogen-bond acceptors (Lipinski definition) is 4. The van der Waals surface area contributed by atoms with E-state index in [0.717, 1.165) is 10.9 Å². The quantitative estimate of drug-likeness (QED) is 0.766. The fraction of sp³-hybridized carbons (Fsp3) is 0.214. The van der Waals surface area contributed by atoms with Gasteiger partial charge in [0.1, 0.15) is 11.3 Å². The van der Waals surface area contributed by atoms with Crippen molar-refractivity contribution < 1.29 is 9.32 Å². The van der Waals surface area contributed by atoms with Crippen LogP contribution in [0.5, 0.6) is 0 Å². The maximum atomic E-state index is 12.3. The van der Waals surface area contributed by atoms with Crippen molar-refractivity contribution in [3.8, 4) is 0 Å². The van der Waals surface area contributed by atoms with Gasteiger partial charge in [0.2, 0.25) is 0 Å². The Bertz CT molecular complexity index is 772. The first-order chi connectivity index (χ1) is 9.69. The molecule has 0 atom stereocenters. The van der Waals surface area contributed by atoms with Gasteiger partial charge >= 0.3 is 0 Å². The van der Waals surface area contributed by atoms with E-state index in [2.05, 4.69) is 20.7 Å². The predicted molar refractivity (Wildman–Crippen MR) is 74.7 cm³/mol. The minimum absolute atomic E-state index is 0.205. The number of anilines is 1. The Morgan fingerprint density at radius 2 is 2.30 bits per heavy atom. The summed E-state index contributed by atoms with van der Waals surface area (Å²) in [6.45, 7) is 3.67. The van der Waals surface area contributed by atoms with E-state index in [1.165, 1.54) is 0 Å². The summed E-state index contributed by atoms with van der Waals surface area (Å²) in [5.74, 6) is 0.326. The predicted octanol–water partition coefficient (Wildman–Crippen LogP) is 2.67. The van der Waals surface area contributed by atoms with E-state index in [0.29, 0.717) is 29.1 Å². The smallest absolute Gasteiger partial charge is 0.261 e. The Morgan fingerprint density at radius 3 is 3.10 bits per heavy atom. The van der Waals surface area contributed by atoms with Crippen molar-refractivity contribution in [2.75, 3.05) is 5.32 Å². The van der Waals surface area contributed by atoms with Crippen LogP contribution in [0.1, 0.15) is 28.7 Å². The standard InChI is InChI=1S/C14H14N4O2/c1-3-11-13(8(2)20-18-11)14(19)16-10-4-5-12-9(6-10)7-15-17-12/h4-7H,3H2,1-2H3,(H,15,17)(H,16,19). The van der Waals surface area contributed by atoms with Crippen LogP contribution in [-0.2, 0) is 6.42 Å². The summed E-state index contributed by atoms with van der Waals surface area (Å²) in [5, 5.41) is 14.5. The molecule has 3 rings (SSSR count). The molecule has 6 heteroatoms. The molecule has 6 nitrogen and oxygen atoms in total. The van der Waals surface area contributed by atoms with Gasteiger partial charge in [0.05, 0.1) is 17.4 Å². The van der Waals surface area contributed by atoms with Crippen molar-refractivity contribution in [3.05, 3.63) is 41.4 Å². The summed E-state index contributed by atoms with van der Waals surface area (Å²) >= 11 is 0. The molecular weight excluding hydrogens is 256 g/mol. The van der Waals surface area contributed by atoms with Crippen LogP contribution in [0.25, 0.3) is 10.9 Å². The number of carbonyl (C=O) groups excluding carboxylic acids is 1. The highest BCUT2D eigenvalue weighted by atomic mass is 16.5. The molecule has 0 aliphatic rings. The average Bonchev–Trinajstić information content (AvgIpc) is 3.04. The molecule has 0 saturated heterocycles. The second-order valence-corrected chi connectivity index (χ2v) is 4.54. The molecule has 2 heterocycles. The van der Waals surface area contributed by atoms with Crippen molar-refractivity contribution in [1.29, 1.82) is 0 Å². The molecule has 1 amide bonds. The van der Waals surface area contributed by atoms with E-state index in [-0.39, 0.29) is 5.91 Å². The Hall–Kier alpha value is -2.63. The van der Waals surface area contributed by atoms with E-state index >= 15 is 0 Å². The van der Waals surface area contributed by atoms with Crippen LogP contribution in [0.3, 0.4) is 0 Å². The Balaban J connectivity index is 1.89. The fourth-order valence-electron chi connectivity index (χ4n) is 2.16. The lowest BCUT2D eigenvalue weighted by atomic mass is 10.1. The summed E-state index contributed by atoms with van der Waals surface area (Å²) in [7, 11) is 0. The minimum Gasteiger partial charge on any atom is -0.361 e. The summed E-state index contributed by atoms with van der Waals surface area (Å²) in [4.78, 5) is 12.3. The summed E-state index contributed by atoms with van der Waals surface area (Å²) in [6, 6.07) is 5.57. The fourth-order valence-corrected chi connectivity index (χ4v) is 2.16. The van der Waals surface area contributed by atoms with Gasteiger partial charge in [-0.2, -0.15) is 5.10 Å². The molecular formula is C14H14N4O2. The second kappa shape index (κ2) is 4.80. The number of nitrogens with one attached hydrogen (secondary N) is 2. The number of hydrogen-bond donors (Lipinski definition) is 2.